The second-order valence-electron chi connectivity index (χ2n) is 16.4. The maximum atomic E-state index is 14.3. The summed E-state index contributed by atoms with van der Waals surface area (Å²) in [6, 6.07) is 57.0. The molecule has 10 aromatic rings. The zero-order valence-electron chi connectivity index (χ0n) is 35.2. The third-order valence-corrected chi connectivity index (χ3v) is 11.6. The molecule has 306 valence electrons. The lowest BCUT2D eigenvalue weighted by atomic mass is 9.97. The van der Waals surface area contributed by atoms with Gasteiger partial charge in [0.15, 0.2) is 17.5 Å². The van der Waals surface area contributed by atoms with Gasteiger partial charge >= 0.3 is 6.18 Å². The van der Waals surface area contributed by atoms with Crippen LogP contribution in [0.15, 0.2) is 176 Å². The summed E-state index contributed by atoms with van der Waals surface area (Å²) in [6.07, 6.45) is -4.52. The molecule has 0 N–H and O–H groups in total. The number of hydrogen-bond acceptors (Lipinski definition) is 3. The van der Waals surface area contributed by atoms with Crippen LogP contribution in [0, 0.1) is 27.7 Å². The van der Waals surface area contributed by atoms with Crippen LogP contribution in [-0.4, -0.2) is 19.5 Å². The Kier molecular flexibility index (Phi) is 9.83. The molecule has 0 aliphatic rings. The number of nitrogens with zero attached hydrogens (tertiary/aromatic N) is 4. The van der Waals surface area contributed by atoms with E-state index in [0.29, 0.717) is 39.9 Å². The van der Waals surface area contributed by atoms with Crippen molar-refractivity contribution in [2.75, 3.05) is 0 Å². The Morgan fingerprint density at radius 3 is 1.29 bits per heavy atom. The Morgan fingerprint density at radius 1 is 0.365 bits per heavy atom. The molecule has 63 heavy (non-hydrogen) atoms. The smallest absolute Gasteiger partial charge is 0.309 e. The van der Waals surface area contributed by atoms with Crippen LogP contribution in [0.2, 0.25) is 0 Å². The normalized spacial score (nSPS) is 11.7. The molecule has 0 fully saturated rings. The van der Waals surface area contributed by atoms with Crippen molar-refractivity contribution in [3.8, 4) is 73.2 Å². The highest BCUT2D eigenvalue weighted by Crippen LogP contribution is 2.42. The van der Waals surface area contributed by atoms with Gasteiger partial charge in [0.1, 0.15) is 0 Å². The van der Waals surface area contributed by atoms with Gasteiger partial charge in [-0.25, -0.2) is 15.0 Å². The Balaban J connectivity index is 1.27. The molecule has 0 spiro atoms. The van der Waals surface area contributed by atoms with Gasteiger partial charge in [-0.15, -0.1) is 0 Å². The number of hydrogen-bond donors (Lipinski definition) is 0. The largest absolute Gasteiger partial charge is 0.416 e. The van der Waals surface area contributed by atoms with E-state index in [1.54, 1.807) is 6.07 Å². The van der Waals surface area contributed by atoms with Crippen LogP contribution < -0.4 is 0 Å². The SMILES string of the molecule is Cc1cc(C)cc(-c2ccc3c(c2)c2cc(-c4cc(C)cc(C)c4)ccc2n3-c2cc(-c3nc(-c4ccccc4)nc(-c4ccccc4)n3)ccc2-c2cccc(C(F)(F)F)c2)c1. The summed E-state index contributed by atoms with van der Waals surface area (Å²) in [7, 11) is 0. The first kappa shape index (κ1) is 39.5. The fourth-order valence-electron chi connectivity index (χ4n) is 8.83. The lowest BCUT2D eigenvalue weighted by molar-refractivity contribution is -0.137. The van der Waals surface area contributed by atoms with E-state index in [4.69, 9.17) is 15.0 Å². The first-order valence-corrected chi connectivity index (χ1v) is 20.9. The zero-order chi connectivity index (χ0) is 43.4. The van der Waals surface area contributed by atoms with Crippen molar-refractivity contribution >= 4 is 21.8 Å². The average Bonchev–Trinajstić information content (AvgIpc) is 3.61. The lowest BCUT2D eigenvalue weighted by Crippen LogP contribution is -2.05. The van der Waals surface area contributed by atoms with Crippen molar-refractivity contribution in [3.05, 3.63) is 204 Å². The molecule has 7 heteroatoms. The molecule has 0 unspecified atom stereocenters. The van der Waals surface area contributed by atoms with Gasteiger partial charge in [-0.05, 0) is 98.0 Å². The average molecular weight is 827 g/mol. The van der Waals surface area contributed by atoms with Gasteiger partial charge in [-0.3, -0.25) is 0 Å². The molecule has 0 amide bonds. The summed E-state index contributed by atoms with van der Waals surface area (Å²) in [5.41, 5.74) is 14.3. The number of aromatic nitrogens is 4. The van der Waals surface area contributed by atoms with E-state index < -0.39 is 11.7 Å². The van der Waals surface area contributed by atoms with Crippen LogP contribution >= 0.6 is 0 Å². The van der Waals surface area contributed by atoms with Gasteiger partial charge in [0.05, 0.1) is 22.3 Å². The van der Waals surface area contributed by atoms with Gasteiger partial charge in [-0.2, -0.15) is 13.2 Å². The molecule has 0 radical (unpaired) electrons. The van der Waals surface area contributed by atoms with Crippen LogP contribution in [0.25, 0.3) is 95.0 Å². The van der Waals surface area contributed by atoms with Gasteiger partial charge in [0.2, 0.25) is 0 Å². The molecule has 2 aromatic heterocycles. The molecule has 8 aromatic carbocycles. The van der Waals surface area contributed by atoms with Gasteiger partial charge < -0.3 is 4.57 Å². The Morgan fingerprint density at radius 2 is 0.810 bits per heavy atom. The second kappa shape index (κ2) is 15.7. The highest BCUT2D eigenvalue weighted by molar-refractivity contribution is 6.12. The van der Waals surface area contributed by atoms with Gasteiger partial charge in [-0.1, -0.05) is 156 Å². The molecular formula is C56H41F3N4. The molecule has 0 saturated carbocycles. The Bertz CT molecular complexity index is 3160. The lowest BCUT2D eigenvalue weighted by Gasteiger charge is -2.17. The van der Waals surface area contributed by atoms with E-state index in [9.17, 15) is 13.2 Å². The molecular weight excluding hydrogens is 786 g/mol. The van der Waals surface area contributed by atoms with E-state index in [-0.39, 0.29) is 0 Å². The van der Waals surface area contributed by atoms with Crippen molar-refractivity contribution in [3.63, 3.8) is 0 Å². The number of benzene rings is 8. The minimum atomic E-state index is -4.52. The van der Waals surface area contributed by atoms with Crippen LogP contribution in [-0.2, 0) is 6.18 Å². The number of alkyl halides is 3. The fourth-order valence-corrected chi connectivity index (χ4v) is 8.83. The van der Waals surface area contributed by atoms with Crippen molar-refractivity contribution in [1.82, 2.24) is 19.5 Å². The van der Waals surface area contributed by atoms with Crippen LogP contribution in [0.3, 0.4) is 0 Å². The van der Waals surface area contributed by atoms with E-state index in [1.807, 2.05) is 78.9 Å². The quantitative estimate of drug-likeness (QED) is 0.161. The predicted molar refractivity (Wildman–Crippen MR) is 251 cm³/mol. The number of rotatable bonds is 7. The summed E-state index contributed by atoms with van der Waals surface area (Å²) in [5.74, 6) is 1.46. The van der Waals surface area contributed by atoms with Crippen molar-refractivity contribution in [2.45, 2.75) is 33.9 Å². The summed E-state index contributed by atoms with van der Waals surface area (Å²) in [6.45, 7) is 8.43. The predicted octanol–water partition coefficient (Wildman–Crippen LogP) is 15.2. The van der Waals surface area contributed by atoms with Gasteiger partial charge in [0.25, 0.3) is 0 Å². The summed E-state index contributed by atoms with van der Waals surface area (Å²) < 4.78 is 45.2. The van der Waals surface area contributed by atoms with Crippen LogP contribution in [0.4, 0.5) is 13.2 Å². The van der Waals surface area contributed by atoms with Crippen molar-refractivity contribution in [2.24, 2.45) is 0 Å². The number of aryl methyl sites for hydroxylation is 4. The highest BCUT2D eigenvalue weighted by atomic mass is 19.4. The monoisotopic (exact) mass is 826 g/mol. The summed E-state index contributed by atoms with van der Waals surface area (Å²) >= 11 is 0. The third-order valence-electron chi connectivity index (χ3n) is 11.6. The minimum absolute atomic E-state index is 0.436. The van der Waals surface area contributed by atoms with Crippen LogP contribution in [0.5, 0.6) is 0 Å². The van der Waals surface area contributed by atoms with Gasteiger partial charge in [0, 0.05) is 33.0 Å². The standard InChI is InChI=1S/C56H41F3N4/c1-34-24-35(2)27-44(26-34)40-19-22-50-48(31-40)49-32-41(45-28-36(3)25-37(4)29-45)20-23-51(49)63(50)52-33-43(18-21-47(52)42-16-11-17-46(30-42)56(57,58)59)55-61-53(38-12-7-5-8-13-38)60-54(62-55)39-14-9-6-10-15-39/h5-33H,1-4H3. The first-order chi connectivity index (χ1) is 30.4. The minimum Gasteiger partial charge on any atom is -0.309 e. The van der Waals surface area contributed by atoms with Crippen LogP contribution in [0.1, 0.15) is 27.8 Å². The maximum absolute atomic E-state index is 14.3. The van der Waals surface area contributed by atoms with E-state index in [2.05, 4.69) is 105 Å². The van der Waals surface area contributed by atoms with Crippen molar-refractivity contribution in [1.29, 1.82) is 0 Å². The zero-order valence-corrected chi connectivity index (χ0v) is 35.2. The molecule has 0 saturated heterocycles. The van der Waals surface area contributed by atoms with E-state index >= 15 is 0 Å². The maximum Gasteiger partial charge on any atom is 0.416 e. The molecule has 4 nitrogen and oxygen atoms in total. The molecule has 0 atom stereocenters. The molecule has 0 aliphatic heterocycles. The number of halogens is 3. The molecule has 10 rings (SSSR count). The summed E-state index contributed by atoms with van der Waals surface area (Å²) in [4.78, 5) is 15.0. The Labute approximate surface area is 364 Å². The second-order valence-corrected chi connectivity index (χ2v) is 16.4. The Hall–Kier alpha value is -7.64. The highest BCUT2D eigenvalue weighted by Gasteiger charge is 2.31. The number of fused-ring (bicyclic) bond motifs is 3. The first-order valence-electron chi connectivity index (χ1n) is 20.9. The molecule has 0 bridgehead atoms. The van der Waals surface area contributed by atoms with E-state index in [1.165, 1.54) is 34.4 Å². The summed E-state index contributed by atoms with van der Waals surface area (Å²) in [5, 5.41) is 2.04. The fraction of sp³-hybridized carbons (Fsp3) is 0.0893. The van der Waals surface area contributed by atoms with E-state index in [0.717, 1.165) is 61.3 Å². The van der Waals surface area contributed by atoms with Crippen molar-refractivity contribution < 1.29 is 13.2 Å². The topological polar surface area (TPSA) is 43.6 Å². The third kappa shape index (κ3) is 7.67. The molecule has 0 aliphatic carbocycles. The molecule has 2 heterocycles.